The molecule has 0 spiro atoms. The van der Waals surface area contributed by atoms with E-state index in [1.165, 1.54) is 12.1 Å². The number of fused-ring (bicyclic) bond motifs is 1. The third kappa shape index (κ3) is 7.53. The third-order valence-corrected chi connectivity index (χ3v) is 6.14. The molecule has 3 N–H and O–H groups in total. The number of rotatable bonds is 11. The number of carbonyl (C=O) groups is 3. The SMILES string of the molecule is Cc1cccc(C(=O)NC(CC(C)C)C(=O)N[C@@H](CCC(=O)O)CN2CCc3cc(F)ccc32)c1. The lowest BCUT2D eigenvalue weighted by Gasteiger charge is -2.29. The number of benzene rings is 2. The maximum absolute atomic E-state index is 13.6. The fourth-order valence-corrected chi connectivity index (χ4v) is 4.43. The van der Waals surface area contributed by atoms with E-state index in [4.69, 9.17) is 0 Å². The number of carboxylic acids is 1. The highest BCUT2D eigenvalue weighted by atomic mass is 19.1. The first-order valence-electron chi connectivity index (χ1n) is 12.1. The van der Waals surface area contributed by atoms with Crippen LogP contribution in [-0.4, -0.2) is 48.1 Å². The second-order valence-electron chi connectivity index (χ2n) is 9.63. The van der Waals surface area contributed by atoms with Gasteiger partial charge in [-0.2, -0.15) is 0 Å². The topological polar surface area (TPSA) is 98.7 Å². The van der Waals surface area contributed by atoms with Crippen LogP contribution in [0.1, 0.15) is 54.6 Å². The number of carbonyl (C=O) groups excluding carboxylic acids is 2. The van der Waals surface area contributed by atoms with Crippen molar-refractivity contribution in [3.05, 3.63) is 65.0 Å². The summed E-state index contributed by atoms with van der Waals surface area (Å²) < 4.78 is 13.6. The highest BCUT2D eigenvalue weighted by Crippen LogP contribution is 2.28. The molecule has 3 rings (SSSR count). The Hall–Kier alpha value is -3.42. The Morgan fingerprint density at radius 2 is 1.89 bits per heavy atom. The van der Waals surface area contributed by atoms with Gasteiger partial charge < -0.3 is 20.6 Å². The predicted molar refractivity (Wildman–Crippen MR) is 133 cm³/mol. The number of anilines is 1. The minimum absolute atomic E-state index is 0.0977. The summed E-state index contributed by atoms with van der Waals surface area (Å²) in [5, 5.41) is 15.1. The van der Waals surface area contributed by atoms with Crippen LogP contribution >= 0.6 is 0 Å². The van der Waals surface area contributed by atoms with E-state index in [0.717, 1.165) is 16.8 Å². The maximum atomic E-state index is 13.6. The Bertz CT molecular complexity index is 1070. The summed E-state index contributed by atoms with van der Waals surface area (Å²) in [6.45, 7) is 6.91. The van der Waals surface area contributed by atoms with Crippen molar-refractivity contribution in [3.63, 3.8) is 0 Å². The number of amides is 2. The largest absolute Gasteiger partial charge is 0.481 e. The van der Waals surface area contributed by atoms with Gasteiger partial charge in [0.05, 0.1) is 0 Å². The average molecular weight is 484 g/mol. The molecule has 1 aliphatic rings. The van der Waals surface area contributed by atoms with Crippen molar-refractivity contribution >= 4 is 23.5 Å². The summed E-state index contributed by atoms with van der Waals surface area (Å²) >= 11 is 0. The first-order chi connectivity index (χ1) is 16.6. The lowest BCUT2D eigenvalue weighted by Crippen LogP contribution is -2.52. The Labute approximate surface area is 205 Å². The number of halogens is 1. The van der Waals surface area contributed by atoms with Crippen molar-refractivity contribution in [1.29, 1.82) is 0 Å². The molecule has 0 aliphatic carbocycles. The number of hydrogen-bond donors (Lipinski definition) is 3. The van der Waals surface area contributed by atoms with Crippen LogP contribution in [0.25, 0.3) is 0 Å². The molecule has 1 aliphatic heterocycles. The molecule has 0 radical (unpaired) electrons. The molecular formula is C27H34FN3O4. The molecule has 2 amide bonds. The van der Waals surface area contributed by atoms with E-state index in [1.807, 2.05) is 31.7 Å². The van der Waals surface area contributed by atoms with Crippen LogP contribution in [0, 0.1) is 18.7 Å². The van der Waals surface area contributed by atoms with Gasteiger partial charge in [-0.3, -0.25) is 14.4 Å². The average Bonchev–Trinajstić information content (AvgIpc) is 3.18. The fourth-order valence-electron chi connectivity index (χ4n) is 4.43. The Morgan fingerprint density at radius 3 is 2.57 bits per heavy atom. The van der Waals surface area contributed by atoms with Gasteiger partial charge in [0.2, 0.25) is 5.91 Å². The lowest BCUT2D eigenvalue weighted by molar-refractivity contribution is -0.137. The summed E-state index contributed by atoms with van der Waals surface area (Å²) in [5.41, 5.74) is 3.22. The number of aryl methyl sites for hydroxylation is 1. The van der Waals surface area contributed by atoms with Crippen LogP contribution < -0.4 is 15.5 Å². The first-order valence-corrected chi connectivity index (χ1v) is 12.1. The second-order valence-corrected chi connectivity index (χ2v) is 9.63. The van der Waals surface area contributed by atoms with Gasteiger partial charge in [-0.15, -0.1) is 0 Å². The molecule has 2 aromatic carbocycles. The van der Waals surface area contributed by atoms with Crippen LogP contribution in [0.3, 0.4) is 0 Å². The van der Waals surface area contributed by atoms with Crippen molar-refractivity contribution in [2.75, 3.05) is 18.0 Å². The smallest absolute Gasteiger partial charge is 0.303 e. The standard InChI is InChI=1S/C27H34FN3O4/c1-17(2)13-23(30-26(34)20-6-4-5-18(3)14-20)27(35)29-22(8-10-25(32)33)16-31-12-11-19-15-21(28)7-9-24(19)31/h4-7,9,14-15,17,22-23H,8,10-13,16H2,1-3H3,(H,29,35)(H,30,34)(H,32,33)/t22-,23?/m0/s1. The molecule has 0 saturated heterocycles. The van der Waals surface area contributed by atoms with E-state index in [2.05, 4.69) is 10.6 Å². The van der Waals surface area contributed by atoms with Gasteiger partial charge in [0.25, 0.3) is 5.91 Å². The molecule has 1 heterocycles. The lowest BCUT2D eigenvalue weighted by atomic mass is 10.0. The molecule has 1 unspecified atom stereocenters. The van der Waals surface area contributed by atoms with Gasteiger partial charge in [0.1, 0.15) is 11.9 Å². The molecule has 0 saturated carbocycles. The second kappa shape index (κ2) is 11.8. The normalized spacial score (nSPS) is 14.4. The van der Waals surface area contributed by atoms with Gasteiger partial charge in [-0.25, -0.2) is 4.39 Å². The molecule has 2 atom stereocenters. The minimum Gasteiger partial charge on any atom is -0.481 e. The van der Waals surface area contributed by atoms with Crippen molar-refractivity contribution in [3.8, 4) is 0 Å². The summed E-state index contributed by atoms with van der Waals surface area (Å²) in [6, 6.07) is 10.6. The molecule has 35 heavy (non-hydrogen) atoms. The van der Waals surface area contributed by atoms with E-state index in [9.17, 15) is 23.9 Å². The van der Waals surface area contributed by atoms with Crippen molar-refractivity contribution in [2.24, 2.45) is 5.92 Å². The number of nitrogens with zero attached hydrogens (tertiary/aromatic N) is 1. The molecule has 7 nitrogen and oxygen atoms in total. The van der Waals surface area contributed by atoms with Crippen molar-refractivity contribution < 1.29 is 23.9 Å². The third-order valence-electron chi connectivity index (χ3n) is 6.14. The van der Waals surface area contributed by atoms with E-state index in [-0.39, 0.29) is 36.4 Å². The minimum atomic E-state index is -0.945. The van der Waals surface area contributed by atoms with Gasteiger partial charge in [-0.05, 0) is 68.0 Å². The zero-order valence-electron chi connectivity index (χ0n) is 20.5. The van der Waals surface area contributed by atoms with E-state index in [1.54, 1.807) is 24.3 Å². The van der Waals surface area contributed by atoms with Crippen LogP contribution in [0.5, 0.6) is 0 Å². The van der Waals surface area contributed by atoms with Crippen LogP contribution in [0.15, 0.2) is 42.5 Å². The Balaban J connectivity index is 1.73. The van der Waals surface area contributed by atoms with Crippen LogP contribution in [0.2, 0.25) is 0 Å². The maximum Gasteiger partial charge on any atom is 0.303 e. The van der Waals surface area contributed by atoms with E-state index >= 15 is 0 Å². The number of nitrogens with one attached hydrogen (secondary N) is 2. The first kappa shape index (κ1) is 26.2. The molecule has 0 aromatic heterocycles. The van der Waals surface area contributed by atoms with Crippen molar-refractivity contribution in [1.82, 2.24) is 10.6 Å². The number of aliphatic carboxylic acids is 1. The fraction of sp³-hybridized carbons (Fsp3) is 0.444. The molecule has 2 aromatic rings. The summed E-state index contributed by atoms with van der Waals surface area (Å²) in [7, 11) is 0. The Morgan fingerprint density at radius 1 is 1.11 bits per heavy atom. The van der Waals surface area contributed by atoms with Gasteiger partial charge in [0, 0.05) is 36.8 Å². The van der Waals surface area contributed by atoms with Gasteiger partial charge in [0.15, 0.2) is 0 Å². The zero-order valence-corrected chi connectivity index (χ0v) is 20.5. The Kier molecular flexibility index (Phi) is 8.84. The molecule has 0 fully saturated rings. The van der Waals surface area contributed by atoms with E-state index in [0.29, 0.717) is 31.5 Å². The highest BCUT2D eigenvalue weighted by Gasteiger charge is 2.28. The summed E-state index contributed by atoms with van der Waals surface area (Å²) in [4.78, 5) is 39.4. The number of hydrogen-bond acceptors (Lipinski definition) is 4. The molecule has 8 heteroatoms. The van der Waals surface area contributed by atoms with Gasteiger partial charge in [-0.1, -0.05) is 31.5 Å². The summed E-state index contributed by atoms with van der Waals surface area (Å²) in [6.07, 6.45) is 1.28. The number of carboxylic acid groups (broad SMARTS) is 1. The van der Waals surface area contributed by atoms with Gasteiger partial charge >= 0.3 is 5.97 Å². The predicted octanol–water partition coefficient (Wildman–Crippen LogP) is 3.69. The highest BCUT2D eigenvalue weighted by molar-refractivity contribution is 5.97. The van der Waals surface area contributed by atoms with Crippen molar-refractivity contribution in [2.45, 2.75) is 58.5 Å². The molecule has 0 bridgehead atoms. The van der Waals surface area contributed by atoms with Crippen LogP contribution in [0.4, 0.5) is 10.1 Å². The monoisotopic (exact) mass is 483 g/mol. The summed E-state index contributed by atoms with van der Waals surface area (Å²) in [5.74, 6) is -1.75. The molecular weight excluding hydrogens is 449 g/mol. The van der Waals surface area contributed by atoms with Crippen LogP contribution in [-0.2, 0) is 16.0 Å². The quantitative estimate of drug-likeness (QED) is 0.453. The van der Waals surface area contributed by atoms with E-state index < -0.39 is 18.1 Å². The molecule has 188 valence electrons. The zero-order chi connectivity index (χ0) is 25.5.